The van der Waals surface area contributed by atoms with Gasteiger partial charge in [-0.3, -0.25) is 4.79 Å². The molecule has 0 fully saturated rings. The average Bonchev–Trinajstić information content (AvgIpc) is 3.02. The SMILES string of the molecule is CN(C)c1ccc(/C=C2\Oc3cc(OCc4cccc(F)c4)ccc3C2=O)cc1. The van der Waals surface area contributed by atoms with E-state index >= 15 is 0 Å². The van der Waals surface area contributed by atoms with E-state index in [1.807, 2.05) is 43.3 Å². The van der Waals surface area contributed by atoms with E-state index in [0.717, 1.165) is 16.8 Å². The number of carbonyl (C=O) groups is 1. The first kappa shape index (κ1) is 18.7. The van der Waals surface area contributed by atoms with Crippen LogP contribution in [-0.2, 0) is 6.61 Å². The Balaban J connectivity index is 1.49. The van der Waals surface area contributed by atoms with Gasteiger partial charge in [0.25, 0.3) is 0 Å². The maximum atomic E-state index is 13.3. The van der Waals surface area contributed by atoms with Crippen molar-refractivity contribution >= 4 is 17.5 Å². The van der Waals surface area contributed by atoms with Gasteiger partial charge in [0.05, 0.1) is 5.56 Å². The number of Topliss-reactive ketones (excluding diaryl/α,β-unsaturated/α-hetero) is 1. The molecule has 0 radical (unpaired) electrons. The zero-order chi connectivity index (χ0) is 20.4. The molecule has 0 unspecified atom stereocenters. The zero-order valence-electron chi connectivity index (χ0n) is 16.2. The molecule has 5 heteroatoms. The summed E-state index contributed by atoms with van der Waals surface area (Å²) >= 11 is 0. The Bertz CT molecular complexity index is 1090. The van der Waals surface area contributed by atoms with Gasteiger partial charge >= 0.3 is 0 Å². The summed E-state index contributed by atoms with van der Waals surface area (Å²) in [5, 5.41) is 0. The number of allylic oxidation sites excluding steroid dienone is 1. The lowest BCUT2D eigenvalue weighted by Crippen LogP contribution is -2.08. The molecule has 146 valence electrons. The van der Waals surface area contributed by atoms with E-state index in [4.69, 9.17) is 9.47 Å². The maximum absolute atomic E-state index is 13.3. The molecule has 1 aliphatic heterocycles. The molecule has 29 heavy (non-hydrogen) atoms. The monoisotopic (exact) mass is 389 g/mol. The van der Waals surface area contributed by atoms with Gasteiger partial charge in [0.1, 0.15) is 23.9 Å². The van der Waals surface area contributed by atoms with E-state index in [-0.39, 0.29) is 24.0 Å². The minimum Gasteiger partial charge on any atom is -0.489 e. The van der Waals surface area contributed by atoms with E-state index < -0.39 is 0 Å². The molecular formula is C24H20FNO3. The highest BCUT2D eigenvalue weighted by Gasteiger charge is 2.27. The molecule has 1 heterocycles. The van der Waals surface area contributed by atoms with E-state index in [9.17, 15) is 9.18 Å². The van der Waals surface area contributed by atoms with Crippen molar-refractivity contribution in [1.29, 1.82) is 0 Å². The fourth-order valence-corrected chi connectivity index (χ4v) is 3.07. The van der Waals surface area contributed by atoms with E-state index in [2.05, 4.69) is 0 Å². The highest BCUT2D eigenvalue weighted by molar-refractivity contribution is 6.14. The fourth-order valence-electron chi connectivity index (χ4n) is 3.07. The Hall–Kier alpha value is -3.60. The molecule has 1 aliphatic rings. The second kappa shape index (κ2) is 7.80. The predicted molar refractivity (Wildman–Crippen MR) is 111 cm³/mol. The Kier molecular flexibility index (Phi) is 5.04. The topological polar surface area (TPSA) is 38.8 Å². The quantitative estimate of drug-likeness (QED) is 0.570. The third-order valence-corrected chi connectivity index (χ3v) is 4.64. The van der Waals surface area contributed by atoms with Crippen molar-refractivity contribution in [2.45, 2.75) is 6.61 Å². The number of nitrogens with zero attached hydrogens (tertiary/aromatic N) is 1. The van der Waals surface area contributed by atoms with Crippen LogP contribution in [0.1, 0.15) is 21.5 Å². The molecule has 0 saturated heterocycles. The number of ether oxygens (including phenoxy) is 2. The number of rotatable bonds is 5. The van der Waals surface area contributed by atoms with Crippen molar-refractivity contribution in [3.8, 4) is 11.5 Å². The van der Waals surface area contributed by atoms with Gasteiger partial charge in [-0.25, -0.2) is 4.39 Å². The Morgan fingerprint density at radius 2 is 1.83 bits per heavy atom. The van der Waals surface area contributed by atoms with Crippen LogP contribution in [0.25, 0.3) is 6.08 Å². The molecule has 0 spiro atoms. The molecule has 0 aliphatic carbocycles. The molecule has 0 N–H and O–H groups in total. The van der Waals surface area contributed by atoms with Crippen LogP contribution in [0, 0.1) is 5.82 Å². The molecule has 0 saturated carbocycles. The van der Waals surface area contributed by atoms with Gasteiger partial charge in [-0.2, -0.15) is 0 Å². The number of halogens is 1. The standard InChI is InChI=1S/C24H20FNO3/c1-26(2)19-8-6-16(7-9-19)13-23-24(27)21-11-10-20(14-22(21)29-23)28-15-17-4-3-5-18(25)12-17/h3-14H,15H2,1-2H3/b23-13-. The third-order valence-electron chi connectivity index (χ3n) is 4.64. The molecule has 3 aromatic rings. The Morgan fingerprint density at radius 1 is 1.03 bits per heavy atom. The van der Waals surface area contributed by atoms with Crippen LogP contribution in [0.4, 0.5) is 10.1 Å². The first-order chi connectivity index (χ1) is 14.0. The first-order valence-electron chi connectivity index (χ1n) is 9.22. The summed E-state index contributed by atoms with van der Waals surface area (Å²) in [4.78, 5) is 14.6. The molecule has 3 aromatic carbocycles. The lowest BCUT2D eigenvalue weighted by molar-refractivity contribution is 0.101. The van der Waals surface area contributed by atoms with E-state index in [1.54, 1.807) is 36.4 Å². The number of carbonyl (C=O) groups excluding carboxylic acids is 1. The zero-order valence-corrected chi connectivity index (χ0v) is 16.2. The highest BCUT2D eigenvalue weighted by Crippen LogP contribution is 2.35. The summed E-state index contributed by atoms with van der Waals surface area (Å²) in [6.45, 7) is 0.228. The average molecular weight is 389 g/mol. The van der Waals surface area contributed by atoms with Crippen molar-refractivity contribution < 1.29 is 18.7 Å². The number of benzene rings is 3. The van der Waals surface area contributed by atoms with Crippen LogP contribution in [0.15, 0.2) is 72.5 Å². The second-order valence-electron chi connectivity index (χ2n) is 7.00. The van der Waals surface area contributed by atoms with Gasteiger partial charge in [0, 0.05) is 25.8 Å². The van der Waals surface area contributed by atoms with Gasteiger partial charge in [-0.05, 0) is 53.6 Å². The van der Waals surface area contributed by atoms with Crippen LogP contribution in [-0.4, -0.2) is 19.9 Å². The first-order valence-corrected chi connectivity index (χ1v) is 9.22. The molecule has 0 amide bonds. The van der Waals surface area contributed by atoms with Crippen molar-refractivity contribution in [2.24, 2.45) is 0 Å². The van der Waals surface area contributed by atoms with Crippen molar-refractivity contribution in [2.75, 3.05) is 19.0 Å². The fraction of sp³-hybridized carbons (Fsp3) is 0.125. The van der Waals surface area contributed by atoms with E-state index in [0.29, 0.717) is 17.1 Å². The van der Waals surface area contributed by atoms with Crippen LogP contribution in [0.3, 0.4) is 0 Å². The molecule has 4 rings (SSSR count). The minimum atomic E-state index is -0.303. The van der Waals surface area contributed by atoms with Crippen LogP contribution in [0.5, 0.6) is 11.5 Å². The van der Waals surface area contributed by atoms with Crippen molar-refractivity contribution in [3.63, 3.8) is 0 Å². The minimum absolute atomic E-state index is 0.159. The molecule has 4 nitrogen and oxygen atoms in total. The summed E-state index contributed by atoms with van der Waals surface area (Å²) in [5.41, 5.74) is 3.19. The van der Waals surface area contributed by atoms with Crippen molar-refractivity contribution in [3.05, 3.63) is 95.0 Å². The molecular weight excluding hydrogens is 369 g/mol. The largest absolute Gasteiger partial charge is 0.489 e. The number of hydrogen-bond acceptors (Lipinski definition) is 4. The summed E-state index contributed by atoms with van der Waals surface area (Å²) in [6, 6.07) is 19.2. The molecule has 0 atom stereocenters. The lowest BCUT2D eigenvalue weighted by atomic mass is 10.1. The van der Waals surface area contributed by atoms with Crippen LogP contribution >= 0.6 is 0 Å². The summed E-state index contributed by atoms with van der Waals surface area (Å²) in [6.07, 6.45) is 1.73. The maximum Gasteiger partial charge on any atom is 0.231 e. The number of anilines is 1. The summed E-state index contributed by atoms with van der Waals surface area (Å²) < 4.78 is 24.8. The summed E-state index contributed by atoms with van der Waals surface area (Å²) in [5.74, 6) is 0.830. The Labute approximate surface area is 168 Å². The van der Waals surface area contributed by atoms with Crippen LogP contribution in [0.2, 0.25) is 0 Å². The Morgan fingerprint density at radius 3 is 2.55 bits per heavy atom. The third kappa shape index (κ3) is 4.14. The smallest absolute Gasteiger partial charge is 0.231 e. The number of fused-ring (bicyclic) bond motifs is 1. The van der Waals surface area contributed by atoms with E-state index in [1.165, 1.54) is 12.1 Å². The van der Waals surface area contributed by atoms with Gasteiger partial charge in [0.2, 0.25) is 5.78 Å². The van der Waals surface area contributed by atoms with Crippen molar-refractivity contribution in [1.82, 2.24) is 0 Å². The van der Waals surface area contributed by atoms with Gasteiger partial charge < -0.3 is 14.4 Å². The highest BCUT2D eigenvalue weighted by atomic mass is 19.1. The van der Waals surface area contributed by atoms with Gasteiger partial charge in [-0.15, -0.1) is 0 Å². The van der Waals surface area contributed by atoms with Crippen LogP contribution < -0.4 is 14.4 Å². The lowest BCUT2D eigenvalue weighted by Gasteiger charge is -2.11. The predicted octanol–water partition coefficient (Wildman–Crippen LogP) is 5.09. The molecule has 0 bridgehead atoms. The number of hydrogen-bond donors (Lipinski definition) is 0. The molecule has 0 aromatic heterocycles. The second-order valence-corrected chi connectivity index (χ2v) is 7.00. The van der Waals surface area contributed by atoms with Gasteiger partial charge in [-0.1, -0.05) is 24.3 Å². The normalized spacial score (nSPS) is 13.9. The summed E-state index contributed by atoms with van der Waals surface area (Å²) in [7, 11) is 3.95. The number of ketones is 1. The van der Waals surface area contributed by atoms with Gasteiger partial charge in [0.15, 0.2) is 5.76 Å².